The van der Waals surface area contributed by atoms with Crippen LogP contribution in [0.1, 0.15) is 323 Å². The van der Waals surface area contributed by atoms with Crippen molar-refractivity contribution in [3.8, 4) is 0 Å². The third-order valence-corrected chi connectivity index (χ3v) is 16.5. The number of hydrogen-bond donors (Lipinski definition) is 3. The number of esters is 4. The number of aliphatic hydroxyl groups excluding tert-OH is 1. The first-order chi connectivity index (χ1) is 39.7. The molecule has 0 heterocycles. The van der Waals surface area contributed by atoms with E-state index >= 15 is 0 Å². The van der Waals surface area contributed by atoms with Crippen LogP contribution in [0.2, 0.25) is 0 Å². The molecule has 0 bridgehead atoms. The maximum absolute atomic E-state index is 13.0. The van der Waals surface area contributed by atoms with Crippen LogP contribution in [0, 0.1) is 0 Å². The molecule has 0 aromatic heterocycles. The van der Waals surface area contributed by atoms with Gasteiger partial charge >= 0.3 is 39.5 Å². The molecule has 0 saturated carbocycles. The van der Waals surface area contributed by atoms with Gasteiger partial charge in [-0.05, 0) is 25.7 Å². The van der Waals surface area contributed by atoms with Gasteiger partial charge in [-0.2, -0.15) is 0 Å². The summed E-state index contributed by atoms with van der Waals surface area (Å²) in [4.78, 5) is 71.7. The van der Waals surface area contributed by atoms with Gasteiger partial charge in [0.15, 0.2) is 12.2 Å². The first-order valence-corrected chi connectivity index (χ1v) is 36.3. The van der Waals surface area contributed by atoms with Crippen molar-refractivity contribution in [1.82, 2.24) is 0 Å². The molecule has 19 heteroatoms. The Kier molecular flexibility index (Phi) is 56.7. The molecule has 0 saturated heterocycles. The van der Waals surface area contributed by atoms with E-state index in [1.54, 1.807) is 0 Å². The largest absolute Gasteiger partial charge is 0.472 e. The molecule has 0 aromatic rings. The molecule has 0 aromatic carbocycles. The summed E-state index contributed by atoms with van der Waals surface area (Å²) in [5.41, 5.74) is 0. The van der Waals surface area contributed by atoms with Crippen molar-refractivity contribution in [3.63, 3.8) is 0 Å². The monoisotopic (exact) mass is 1210 g/mol. The summed E-state index contributed by atoms with van der Waals surface area (Å²) in [6.07, 6.45) is 43.8. The first-order valence-electron chi connectivity index (χ1n) is 33.3. The van der Waals surface area contributed by atoms with Gasteiger partial charge < -0.3 is 33.8 Å². The van der Waals surface area contributed by atoms with Crippen LogP contribution in [0.25, 0.3) is 0 Å². The summed E-state index contributed by atoms with van der Waals surface area (Å²) in [5.74, 6) is -2.15. The molecule has 0 aliphatic rings. The van der Waals surface area contributed by atoms with E-state index in [0.29, 0.717) is 25.7 Å². The maximum Gasteiger partial charge on any atom is 0.472 e. The molecule has 5 atom stereocenters. The molecule has 3 N–H and O–H groups in total. The van der Waals surface area contributed by atoms with Crippen molar-refractivity contribution < 1.29 is 80.2 Å². The van der Waals surface area contributed by atoms with E-state index in [1.165, 1.54) is 135 Å². The van der Waals surface area contributed by atoms with Crippen LogP contribution in [0.15, 0.2) is 0 Å². The fraction of sp³-hybridized carbons (Fsp3) is 0.937. The van der Waals surface area contributed by atoms with Gasteiger partial charge in [0.25, 0.3) is 0 Å². The summed E-state index contributed by atoms with van der Waals surface area (Å²) in [5, 5.41) is 10.5. The van der Waals surface area contributed by atoms with Gasteiger partial charge in [-0.15, -0.1) is 0 Å². The lowest BCUT2D eigenvalue weighted by Crippen LogP contribution is -2.30. The first kappa shape index (κ1) is 80.1. The molecule has 0 aliphatic carbocycles. The number of phosphoric ester groups is 2. The average Bonchev–Trinajstić information content (AvgIpc) is 3.47. The average molecular weight is 1210 g/mol. The Morgan fingerprint density at radius 2 is 0.488 bits per heavy atom. The number of phosphoric acid groups is 2. The van der Waals surface area contributed by atoms with E-state index in [1.807, 2.05) is 0 Å². The van der Waals surface area contributed by atoms with Gasteiger partial charge in [0, 0.05) is 25.7 Å². The second kappa shape index (κ2) is 58.1. The quantitative estimate of drug-likeness (QED) is 0.0222. The van der Waals surface area contributed by atoms with E-state index in [4.69, 9.17) is 37.0 Å². The highest BCUT2D eigenvalue weighted by Crippen LogP contribution is 2.45. The van der Waals surface area contributed by atoms with Gasteiger partial charge in [0.1, 0.15) is 19.3 Å². The smallest absolute Gasteiger partial charge is 0.462 e. The lowest BCUT2D eigenvalue weighted by atomic mass is 10.0. The summed E-state index contributed by atoms with van der Waals surface area (Å²) in [6.45, 7) is 4.73. The third kappa shape index (κ3) is 57.2. The molecule has 0 amide bonds. The predicted molar refractivity (Wildman–Crippen MR) is 326 cm³/mol. The SMILES string of the molecule is CCCCCCCCCCCCCCCCCCCCCCCC(=O)O[C@H](COC(=O)CCCCCCCCCCC)COP(=O)(O)OC[C@@H](O)COP(=O)(O)OC[C@@H](COC(=O)CCCCCCC)OC(=O)CCCCCCCCC. The van der Waals surface area contributed by atoms with Gasteiger partial charge in [0.05, 0.1) is 26.4 Å². The maximum atomic E-state index is 13.0. The molecule has 0 spiro atoms. The number of ether oxygens (including phenoxy) is 4. The Labute approximate surface area is 498 Å². The van der Waals surface area contributed by atoms with Crippen molar-refractivity contribution in [2.24, 2.45) is 0 Å². The second-order valence-corrected chi connectivity index (χ2v) is 25.7. The highest BCUT2D eigenvalue weighted by atomic mass is 31.2. The number of aliphatic hydroxyl groups is 1. The highest BCUT2D eigenvalue weighted by molar-refractivity contribution is 7.47. The van der Waals surface area contributed by atoms with E-state index in [-0.39, 0.29) is 25.7 Å². The molecular formula is C63H122O17P2. The van der Waals surface area contributed by atoms with Crippen LogP contribution in [-0.2, 0) is 65.4 Å². The predicted octanol–water partition coefficient (Wildman–Crippen LogP) is 17.5. The van der Waals surface area contributed by atoms with Crippen molar-refractivity contribution in [3.05, 3.63) is 0 Å². The molecule has 82 heavy (non-hydrogen) atoms. The van der Waals surface area contributed by atoms with E-state index in [2.05, 4.69) is 27.7 Å². The minimum absolute atomic E-state index is 0.103. The topological polar surface area (TPSA) is 237 Å². The zero-order valence-electron chi connectivity index (χ0n) is 52.5. The number of carbonyl (C=O) groups excluding carboxylic acids is 4. The van der Waals surface area contributed by atoms with Crippen molar-refractivity contribution in [2.75, 3.05) is 39.6 Å². The van der Waals surface area contributed by atoms with Crippen LogP contribution in [0.4, 0.5) is 0 Å². The van der Waals surface area contributed by atoms with Gasteiger partial charge in [-0.1, -0.05) is 272 Å². The summed E-state index contributed by atoms with van der Waals surface area (Å²) < 4.78 is 67.6. The van der Waals surface area contributed by atoms with E-state index < -0.39 is 97.5 Å². The van der Waals surface area contributed by atoms with Gasteiger partial charge in [0.2, 0.25) is 0 Å². The van der Waals surface area contributed by atoms with E-state index in [0.717, 1.165) is 109 Å². The van der Waals surface area contributed by atoms with E-state index in [9.17, 15) is 43.2 Å². The Morgan fingerprint density at radius 3 is 0.720 bits per heavy atom. The minimum Gasteiger partial charge on any atom is -0.462 e. The molecule has 0 rings (SSSR count). The molecule has 2 unspecified atom stereocenters. The number of rotatable bonds is 64. The number of unbranched alkanes of at least 4 members (excludes halogenated alkanes) is 38. The van der Waals surface area contributed by atoms with Crippen LogP contribution in [0.5, 0.6) is 0 Å². The second-order valence-electron chi connectivity index (χ2n) is 22.8. The summed E-state index contributed by atoms with van der Waals surface area (Å²) >= 11 is 0. The molecule has 0 aliphatic heterocycles. The molecule has 486 valence electrons. The van der Waals surface area contributed by atoms with Gasteiger partial charge in [-0.25, -0.2) is 9.13 Å². The van der Waals surface area contributed by atoms with Crippen LogP contribution < -0.4 is 0 Å². The third-order valence-electron chi connectivity index (χ3n) is 14.6. The van der Waals surface area contributed by atoms with Crippen molar-refractivity contribution >= 4 is 39.5 Å². The van der Waals surface area contributed by atoms with Gasteiger partial charge in [-0.3, -0.25) is 37.3 Å². The molecule has 0 radical (unpaired) electrons. The van der Waals surface area contributed by atoms with Crippen LogP contribution in [0.3, 0.4) is 0 Å². The summed E-state index contributed by atoms with van der Waals surface area (Å²) in [7, 11) is -9.86. The Morgan fingerprint density at radius 1 is 0.293 bits per heavy atom. The zero-order chi connectivity index (χ0) is 60.5. The Balaban J connectivity index is 5.02. The standard InChI is InChI=1S/C63H122O17P2/c1-5-9-13-17-20-22-23-24-25-26-27-28-29-30-31-32-33-35-38-42-46-50-63(68)80-59(54-74-61(66)48-44-40-37-34-21-18-14-10-6-2)56-78-82(71,72)76-52-57(64)51-75-81(69,70)77-55-58(53-73-60(65)47-43-39-16-12-8-4)79-62(67)49-45-41-36-19-15-11-7-3/h57-59,64H,5-56H2,1-4H3,(H,69,70)(H,71,72)/t57-,58+,59+/m0/s1. The molecule has 0 fully saturated rings. The minimum atomic E-state index is -4.94. The number of carbonyl (C=O) groups is 4. The molecule has 17 nitrogen and oxygen atoms in total. The molecular weight excluding hydrogens is 1090 g/mol. The number of hydrogen-bond acceptors (Lipinski definition) is 15. The van der Waals surface area contributed by atoms with Crippen LogP contribution >= 0.6 is 15.6 Å². The zero-order valence-corrected chi connectivity index (χ0v) is 54.2. The Hall–Kier alpha value is -1.94. The lowest BCUT2D eigenvalue weighted by Gasteiger charge is -2.21. The normalized spacial score (nSPS) is 14.2. The van der Waals surface area contributed by atoms with Crippen molar-refractivity contribution in [2.45, 2.75) is 341 Å². The lowest BCUT2D eigenvalue weighted by molar-refractivity contribution is -0.161. The fourth-order valence-electron chi connectivity index (χ4n) is 9.46. The summed E-state index contributed by atoms with van der Waals surface area (Å²) in [6, 6.07) is 0. The van der Waals surface area contributed by atoms with Crippen LogP contribution in [-0.4, -0.2) is 96.7 Å². The Bertz CT molecular complexity index is 1590. The van der Waals surface area contributed by atoms with Crippen molar-refractivity contribution in [1.29, 1.82) is 0 Å². The fourth-order valence-corrected chi connectivity index (χ4v) is 11.0. The highest BCUT2D eigenvalue weighted by Gasteiger charge is 2.30.